The first-order chi connectivity index (χ1) is 22.1. The van der Waals surface area contributed by atoms with E-state index in [4.69, 9.17) is 5.11 Å². The summed E-state index contributed by atoms with van der Waals surface area (Å²) in [6, 6.07) is 18.9. The van der Waals surface area contributed by atoms with Crippen LogP contribution in [0, 0.1) is 0 Å². The number of amides is 3. The van der Waals surface area contributed by atoms with Crippen LogP contribution < -0.4 is 15.5 Å². The lowest BCUT2D eigenvalue weighted by Gasteiger charge is -2.26. The molecule has 0 saturated heterocycles. The Hall–Kier alpha value is -4.64. The maximum Gasteiger partial charge on any atom is 0.416 e. The lowest BCUT2D eigenvalue weighted by molar-refractivity contribution is -0.138. The molecule has 1 heterocycles. The highest BCUT2D eigenvalue weighted by atomic mass is 32.1. The fourth-order valence-electron chi connectivity index (χ4n) is 5.62. The number of carbonyl (C=O) groups is 3. The zero-order chi connectivity index (χ0) is 32.7. The Kier molecular flexibility index (Phi) is 10.4. The van der Waals surface area contributed by atoms with Gasteiger partial charge in [0, 0.05) is 23.5 Å². The van der Waals surface area contributed by atoms with Gasteiger partial charge in [-0.3, -0.25) is 14.5 Å². The molecule has 0 aliphatic heterocycles. The lowest BCUT2D eigenvalue weighted by Crippen LogP contribution is -2.34. The first-order valence-electron chi connectivity index (χ1n) is 15.1. The van der Waals surface area contributed by atoms with Crippen molar-refractivity contribution in [2.45, 2.75) is 57.2 Å². The third-order valence-electron chi connectivity index (χ3n) is 8.07. The number of nitrogens with one attached hydrogen (secondary N) is 2. The second-order valence-electron chi connectivity index (χ2n) is 11.3. The molecule has 1 aliphatic rings. The second-order valence-corrected chi connectivity index (χ2v) is 12.1. The van der Waals surface area contributed by atoms with Crippen LogP contribution >= 0.6 is 11.3 Å². The van der Waals surface area contributed by atoms with Gasteiger partial charge in [0.2, 0.25) is 0 Å². The summed E-state index contributed by atoms with van der Waals surface area (Å²) in [5.41, 5.74) is 2.87. The third kappa shape index (κ3) is 8.54. The van der Waals surface area contributed by atoms with Gasteiger partial charge in [-0.1, -0.05) is 43.5 Å². The standard InChI is InChI=1S/C35H34F3N3O4S/c36-35(37,38)29-18-28(27-15-17-46-22-27)19-30(20-29)40-34(45)41(31-12-10-25(11-13-31)24-4-2-1-3-5-24)21-23-6-8-26(9-7-23)33(44)39-16-14-32(42)43/h6-13,15,17-20,22,24H,1-5,14,16,21H2,(H,39,44)(H,40,45)(H,42,43). The van der Waals surface area contributed by atoms with Crippen LogP contribution in [0.1, 0.15) is 71.5 Å². The van der Waals surface area contributed by atoms with E-state index >= 15 is 0 Å². The maximum absolute atomic E-state index is 13.8. The molecule has 0 atom stereocenters. The van der Waals surface area contributed by atoms with E-state index in [0.717, 1.165) is 25.0 Å². The van der Waals surface area contributed by atoms with Crippen LogP contribution in [0.25, 0.3) is 11.1 Å². The van der Waals surface area contributed by atoms with Gasteiger partial charge in [0.1, 0.15) is 0 Å². The number of carbonyl (C=O) groups excluding carboxylic acids is 2. The van der Waals surface area contributed by atoms with Crippen LogP contribution in [0.2, 0.25) is 0 Å². The fraction of sp³-hybridized carbons (Fsp3) is 0.286. The van der Waals surface area contributed by atoms with Crippen molar-refractivity contribution in [3.63, 3.8) is 0 Å². The molecule has 240 valence electrons. The van der Waals surface area contributed by atoms with Gasteiger partial charge < -0.3 is 15.7 Å². The highest BCUT2D eigenvalue weighted by Gasteiger charge is 2.32. The number of nitrogens with zero attached hydrogens (tertiary/aromatic N) is 1. The second kappa shape index (κ2) is 14.6. The topological polar surface area (TPSA) is 98.7 Å². The van der Waals surface area contributed by atoms with Crippen LogP contribution in [-0.2, 0) is 17.5 Å². The Bertz CT molecular complexity index is 1650. The number of anilines is 2. The average molecular weight is 650 g/mol. The summed E-state index contributed by atoms with van der Waals surface area (Å²) >= 11 is 1.36. The molecule has 0 spiro atoms. The minimum Gasteiger partial charge on any atom is -0.481 e. The Balaban J connectivity index is 1.41. The van der Waals surface area contributed by atoms with Gasteiger partial charge in [-0.05, 0) is 100 Å². The molecule has 11 heteroatoms. The van der Waals surface area contributed by atoms with Crippen LogP contribution in [0.4, 0.5) is 29.3 Å². The predicted octanol–water partition coefficient (Wildman–Crippen LogP) is 8.92. The molecule has 0 bridgehead atoms. The van der Waals surface area contributed by atoms with E-state index in [1.807, 2.05) is 24.3 Å². The molecule has 3 N–H and O–H groups in total. The Morgan fingerprint density at radius 1 is 0.891 bits per heavy atom. The fourth-order valence-corrected chi connectivity index (χ4v) is 6.29. The molecule has 7 nitrogen and oxygen atoms in total. The summed E-state index contributed by atoms with van der Waals surface area (Å²) in [5.74, 6) is -0.986. The molecule has 0 radical (unpaired) electrons. The molecule has 3 amide bonds. The van der Waals surface area contributed by atoms with Crippen LogP contribution in [0.15, 0.2) is 83.6 Å². The van der Waals surface area contributed by atoms with Gasteiger partial charge in [-0.25, -0.2) is 4.79 Å². The molecular formula is C35H34F3N3O4S. The van der Waals surface area contributed by atoms with Crippen molar-refractivity contribution in [2.24, 2.45) is 0 Å². The van der Waals surface area contributed by atoms with E-state index < -0.39 is 29.6 Å². The number of carboxylic acid groups (broad SMARTS) is 1. The van der Waals surface area contributed by atoms with E-state index in [-0.39, 0.29) is 25.2 Å². The summed E-state index contributed by atoms with van der Waals surface area (Å²) in [7, 11) is 0. The van der Waals surface area contributed by atoms with Crippen molar-refractivity contribution in [3.8, 4) is 11.1 Å². The molecular weight excluding hydrogens is 615 g/mol. The predicted molar refractivity (Wildman–Crippen MR) is 173 cm³/mol. The van der Waals surface area contributed by atoms with Gasteiger partial charge in [0.15, 0.2) is 0 Å². The molecule has 5 rings (SSSR count). The number of halogens is 3. The van der Waals surface area contributed by atoms with E-state index in [0.29, 0.717) is 33.9 Å². The van der Waals surface area contributed by atoms with Gasteiger partial charge >= 0.3 is 18.2 Å². The zero-order valence-corrected chi connectivity index (χ0v) is 25.8. The summed E-state index contributed by atoms with van der Waals surface area (Å²) in [4.78, 5) is 38.4. The average Bonchev–Trinajstić information content (AvgIpc) is 3.59. The van der Waals surface area contributed by atoms with E-state index in [2.05, 4.69) is 10.6 Å². The van der Waals surface area contributed by atoms with Gasteiger partial charge in [-0.2, -0.15) is 24.5 Å². The van der Waals surface area contributed by atoms with Gasteiger partial charge in [0.25, 0.3) is 5.91 Å². The molecule has 0 unspecified atom stereocenters. The maximum atomic E-state index is 13.8. The summed E-state index contributed by atoms with van der Waals surface area (Å²) < 4.78 is 41.5. The third-order valence-corrected chi connectivity index (χ3v) is 8.76. The number of benzene rings is 3. The number of carboxylic acids is 1. The molecule has 1 aromatic heterocycles. The normalized spacial score (nSPS) is 13.6. The van der Waals surface area contributed by atoms with Crippen molar-refractivity contribution < 1.29 is 32.7 Å². The van der Waals surface area contributed by atoms with Crippen LogP contribution in [0.3, 0.4) is 0 Å². The molecule has 1 aliphatic carbocycles. The number of urea groups is 1. The van der Waals surface area contributed by atoms with E-state index in [1.54, 1.807) is 41.1 Å². The zero-order valence-electron chi connectivity index (χ0n) is 25.0. The number of rotatable bonds is 10. The Labute approximate surface area is 269 Å². The minimum absolute atomic E-state index is 0.00954. The molecule has 1 saturated carbocycles. The monoisotopic (exact) mass is 649 g/mol. The Morgan fingerprint density at radius 2 is 1.61 bits per heavy atom. The minimum atomic E-state index is -4.61. The highest BCUT2D eigenvalue weighted by molar-refractivity contribution is 7.08. The van der Waals surface area contributed by atoms with Gasteiger partial charge in [0.05, 0.1) is 18.5 Å². The van der Waals surface area contributed by atoms with Crippen LogP contribution in [0.5, 0.6) is 0 Å². The van der Waals surface area contributed by atoms with Crippen molar-refractivity contribution in [3.05, 3.63) is 106 Å². The largest absolute Gasteiger partial charge is 0.481 e. The molecule has 4 aromatic rings. The van der Waals surface area contributed by atoms with Crippen molar-refractivity contribution in [1.82, 2.24) is 5.32 Å². The lowest BCUT2D eigenvalue weighted by atomic mass is 9.84. The molecule has 1 fully saturated rings. The van der Waals surface area contributed by atoms with Crippen LogP contribution in [-0.4, -0.2) is 29.6 Å². The van der Waals surface area contributed by atoms with Crippen molar-refractivity contribution in [2.75, 3.05) is 16.8 Å². The molecule has 3 aromatic carbocycles. The van der Waals surface area contributed by atoms with Crippen molar-refractivity contribution in [1.29, 1.82) is 0 Å². The summed E-state index contributed by atoms with van der Waals surface area (Å²) in [6.07, 6.45) is 1.01. The number of hydrogen-bond donors (Lipinski definition) is 3. The van der Waals surface area contributed by atoms with Gasteiger partial charge in [-0.15, -0.1) is 0 Å². The summed E-state index contributed by atoms with van der Waals surface area (Å²) in [6.45, 7) is 0.0657. The van der Waals surface area contributed by atoms with Crippen molar-refractivity contribution >= 4 is 40.6 Å². The smallest absolute Gasteiger partial charge is 0.416 e. The van der Waals surface area contributed by atoms with E-state index in [1.165, 1.54) is 47.1 Å². The highest BCUT2D eigenvalue weighted by Crippen LogP contribution is 2.36. The quantitative estimate of drug-likeness (QED) is 0.160. The number of alkyl halides is 3. The van der Waals surface area contributed by atoms with E-state index in [9.17, 15) is 27.6 Å². The number of hydrogen-bond acceptors (Lipinski definition) is 4. The molecule has 46 heavy (non-hydrogen) atoms. The Morgan fingerprint density at radius 3 is 2.24 bits per heavy atom. The number of thiophene rings is 1. The first kappa shape index (κ1) is 32.7. The summed E-state index contributed by atoms with van der Waals surface area (Å²) in [5, 5.41) is 17.6. The SMILES string of the molecule is O=C(O)CCNC(=O)c1ccc(CN(C(=O)Nc2cc(-c3ccsc3)cc(C(F)(F)F)c2)c2ccc(C3CCCCC3)cc2)cc1. The number of aliphatic carboxylic acids is 1. The first-order valence-corrected chi connectivity index (χ1v) is 16.0.